The van der Waals surface area contributed by atoms with Crippen molar-refractivity contribution in [1.29, 1.82) is 0 Å². The molecule has 0 radical (unpaired) electrons. The van der Waals surface area contributed by atoms with Crippen LogP contribution in [-0.4, -0.2) is 42.1 Å². The van der Waals surface area contributed by atoms with Gasteiger partial charge in [0.15, 0.2) is 0 Å². The first-order valence-corrected chi connectivity index (χ1v) is 8.92. The first kappa shape index (κ1) is 13.7. The molecular formula is C16H22N2O2S. The van der Waals surface area contributed by atoms with E-state index in [2.05, 4.69) is 27.0 Å². The lowest BCUT2D eigenvalue weighted by molar-refractivity contribution is -0.132. The Bertz CT molecular complexity index is 500. The fourth-order valence-electron chi connectivity index (χ4n) is 3.49. The summed E-state index contributed by atoms with van der Waals surface area (Å²) in [6.07, 6.45) is 4.47. The van der Waals surface area contributed by atoms with E-state index in [1.165, 1.54) is 18.4 Å². The normalized spacial score (nSPS) is 32.3. The van der Waals surface area contributed by atoms with Gasteiger partial charge in [0.25, 0.3) is 0 Å². The van der Waals surface area contributed by atoms with Crippen LogP contribution in [0.25, 0.3) is 0 Å². The molecule has 5 heteroatoms. The SMILES string of the molecule is O=C(NCC1CC1)[C@@H]1C[C@@H]2[C@@H](CCN2Cc2ccsc2)O1. The minimum atomic E-state index is -0.232. The van der Waals surface area contributed by atoms with Gasteiger partial charge in [-0.3, -0.25) is 9.69 Å². The quantitative estimate of drug-likeness (QED) is 0.905. The number of carbonyl (C=O) groups is 1. The number of hydrogen-bond donors (Lipinski definition) is 1. The minimum absolute atomic E-state index is 0.104. The minimum Gasteiger partial charge on any atom is -0.363 e. The number of carbonyl (C=O) groups excluding carboxylic acids is 1. The molecule has 1 saturated carbocycles. The average Bonchev–Trinajstić information content (AvgIpc) is 2.90. The van der Waals surface area contributed by atoms with E-state index in [0.717, 1.165) is 38.4 Å². The Morgan fingerprint density at radius 3 is 3.10 bits per heavy atom. The Kier molecular flexibility index (Phi) is 3.73. The second-order valence-corrected chi connectivity index (χ2v) is 7.33. The van der Waals surface area contributed by atoms with Gasteiger partial charge in [-0.25, -0.2) is 0 Å². The lowest BCUT2D eigenvalue weighted by Gasteiger charge is -2.22. The Balaban J connectivity index is 1.32. The van der Waals surface area contributed by atoms with Gasteiger partial charge in [-0.05, 0) is 47.6 Å². The van der Waals surface area contributed by atoms with Gasteiger partial charge in [0, 0.05) is 32.1 Å². The summed E-state index contributed by atoms with van der Waals surface area (Å²) in [4.78, 5) is 14.7. The van der Waals surface area contributed by atoms with Crippen LogP contribution >= 0.6 is 11.3 Å². The maximum Gasteiger partial charge on any atom is 0.249 e. The summed E-state index contributed by atoms with van der Waals surface area (Å²) in [5, 5.41) is 7.39. The van der Waals surface area contributed by atoms with Crippen molar-refractivity contribution in [3.05, 3.63) is 22.4 Å². The number of likely N-dealkylation sites (tertiary alicyclic amines) is 1. The summed E-state index contributed by atoms with van der Waals surface area (Å²) in [5.74, 6) is 0.830. The zero-order chi connectivity index (χ0) is 14.2. The number of nitrogens with one attached hydrogen (secondary N) is 1. The van der Waals surface area contributed by atoms with Gasteiger partial charge in [0.2, 0.25) is 5.91 Å². The van der Waals surface area contributed by atoms with E-state index in [-0.39, 0.29) is 18.1 Å². The van der Waals surface area contributed by atoms with Crippen LogP contribution in [0.2, 0.25) is 0 Å². The standard InChI is InChI=1S/C16H22N2O2S/c19-16(17-8-11-1-2-11)15-7-13-14(20-15)3-5-18(13)9-12-4-6-21-10-12/h4,6,10-11,13-15H,1-3,5,7-9H2,(H,17,19)/t13-,14-,15+/m1/s1. The highest BCUT2D eigenvalue weighted by molar-refractivity contribution is 7.07. The highest BCUT2D eigenvalue weighted by Gasteiger charge is 2.45. The average molecular weight is 306 g/mol. The summed E-state index contributed by atoms with van der Waals surface area (Å²) in [5.41, 5.74) is 1.38. The van der Waals surface area contributed by atoms with E-state index in [1.54, 1.807) is 11.3 Å². The highest BCUT2D eigenvalue weighted by atomic mass is 32.1. The molecule has 0 bridgehead atoms. The van der Waals surface area contributed by atoms with E-state index in [9.17, 15) is 4.79 Å². The molecule has 0 unspecified atom stereocenters. The van der Waals surface area contributed by atoms with Crippen molar-refractivity contribution in [2.45, 2.75) is 50.5 Å². The van der Waals surface area contributed by atoms with Crippen LogP contribution in [0.4, 0.5) is 0 Å². The number of thiophene rings is 1. The summed E-state index contributed by atoms with van der Waals surface area (Å²) >= 11 is 1.75. The van der Waals surface area contributed by atoms with Crippen LogP contribution < -0.4 is 5.32 Å². The van der Waals surface area contributed by atoms with E-state index in [0.29, 0.717) is 6.04 Å². The monoisotopic (exact) mass is 306 g/mol. The molecule has 114 valence electrons. The van der Waals surface area contributed by atoms with Gasteiger partial charge in [0.05, 0.1) is 6.10 Å². The van der Waals surface area contributed by atoms with Crippen molar-refractivity contribution in [2.24, 2.45) is 5.92 Å². The Morgan fingerprint density at radius 2 is 2.33 bits per heavy atom. The van der Waals surface area contributed by atoms with Crippen molar-refractivity contribution in [3.63, 3.8) is 0 Å². The molecule has 21 heavy (non-hydrogen) atoms. The zero-order valence-corrected chi connectivity index (χ0v) is 13.0. The Hall–Kier alpha value is -0.910. The highest BCUT2D eigenvalue weighted by Crippen LogP contribution is 2.34. The number of hydrogen-bond acceptors (Lipinski definition) is 4. The Labute approximate surface area is 129 Å². The van der Waals surface area contributed by atoms with Gasteiger partial charge in [0.1, 0.15) is 6.10 Å². The predicted octanol–water partition coefficient (Wildman–Crippen LogP) is 2.01. The molecular weight excluding hydrogens is 284 g/mol. The molecule has 3 heterocycles. The Morgan fingerprint density at radius 1 is 1.43 bits per heavy atom. The molecule has 0 aromatic carbocycles. The maximum atomic E-state index is 12.2. The number of rotatable bonds is 5. The second kappa shape index (κ2) is 5.71. The van der Waals surface area contributed by atoms with E-state index in [1.807, 2.05) is 0 Å². The zero-order valence-electron chi connectivity index (χ0n) is 12.2. The third-order valence-electron chi connectivity index (χ3n) is 4.91. The molecule has 4 nitrogen and oxygen atoms in total. The van der Waals surface area contributed by atoms with Gasteiger partial charge >= 0.3 is 0 Å². The van der Waals surface area contributed by atoms with Crippen molar-refractivity contribution >= 4 is 17.2 Å². The van der Waals surface area contributed by atoms with Crippen LogP contribution in [0, 0.1) is 5.92 Å². The summed E-state index contributed by atoms with van der Waals surface area (Å²) in [6.45, 7) is 2.92. The van der Waals surface area contributed by atoms with Crippen molar-refractivity contribution in [3.8, 4) is 0 Å². The van der Waals surface area contributed by atoms with E-state index < -0.39 is 0 Å². The number of fused-ring (bicyclic) bond motifs is 1. The molecule has 1 aliphatic carbocycles. The fraction of sp³-hybridized carbons (Fsp3) is 0.688. The van der Waals surface area contributed by atoms with Crippen LogP contribution in [0.15, 0.2) is 16.8 Å². The van der Waals surface area contributed by atoms with Crippen LogP contribution in [0.5, 0.6) is 0 Å². The predicted molar refractivity (Wildman–Crippen MR) is 82.1 cm³/mol. The number of amides is 1. The van der Waals surface area contributed by atoms with Gasteiger partial charge < -0.3 is 10.1 Å². The molecule has 3 fully saturated rings. The molecule has 0 spiro atoms. The van der Waals surface area contributed by atoms with Gasteiger partial charge in [-0.15, -0.1) is 0 Å². The van der Waals surface area contributed by atoms with Crippen molar-refractivity contribution in [1.82, 2.24) is 10.2 Å². The molecule has 3 aliphatic rings. The van der Waals surface area contributed by atoms with Crippen LogP contribution in [-0.2, 0) is 16.1 Å². The third-order valence-corrected chi connectivity index (χ3v) is 5.65. The summed E-state index contributed by atoms with van der Waals surface area (Å²) < 4.78 is 6.00. The largest absolute Gasteiger partial charge is 0.363 e. The smallest absolute Gasteiger partial charge is 0.249 e. The van der Waals surface area contributed by atoms with E-state index in [4.69, 9.17) is 4.74 Å². The molecule has 1 aromatic rings. The lowest BCUT2D eigenvalue weighted by atomic mass is 10.1. The molecule has 3 atom stereocenters. The molecule has 2 aliphatic heterocycles. The number of nitrogens with zero attached hydrogens (tertiary/aromatic N) is 1. The lowest BCUT2D eigenvalue weighted by Crippen LogP contribution is -2.37. The molecule has 4 rings (SSSR count). The maximum absolute atomic E-state index is 12.2. The second-order valence-electron chi connectivity index (χ2n) is 6.55. The molecule has 1 N–H and O–H groups in total. The molecule has 2 saturated heterocycles. The third kappa shape index (κ3) is 3.00. The van der Waals surface area contributed by atoms with Crippen molar-refractivity contribution in [2.75, 3.05) is 13.1 Å². The van der Waals surface area contributed by atoms with Gasteiger partial charge in [-0.2, -0.15) is 11.3 Å². The fourth-order valence-corrected chi connectivity index (χ4v) is 4.15. The first-order valence-electron chi connectivity index (χ1n) is 7.98. The summed E-state index contributed by atoms with van der Waals surface area (Å²) in [7, 11) is 0. The number of ether oxygens (including phenoxy) is 1. The molecule has 1 amide bonds. The topological polar surface area (TPSA) is 41.6 Å². The van der Waals surface area contributed by atoms with Gasteiger partial charge in [-0.1, -0.05) is 0 Å². The van der Waals surface area contributed by atoms with Crippen LogP contribution in [0.3, 0.4) is 0 Å². The van der Waals surface area contributed by atoms with Crippen LogP contribution in [0.1, 0.15) is 31.2 Å². The van der Waals surface area contributed by atoms with Crippen molar-refractivity contribution < 1.29 is 9.53 Å². The summed E-state index contributed by atoms with van der Waals surface area (Å²) in [6, 6.07) is 2.61. The molecule has 1 aromatic heterocycles. The van der Waals surface area contributed by atoms with E-state index >= 15 is 0 Å². The first-order chi connectivity index (χ1) is 10.3.